The Bertz CT molecular complexity index is 1610. The predicted molar refractivity (Wildman–Crippen MR) is 166 cm³/mol. The normalized spacial score (nSPS) is 16.5. The fraction of sp³-hybridized carbons (Fsp3) is 0.258. The first-order valence-corrected chi connectivity index (χ1v) is 13.9. The smallest absolute Gasteiger partial charge is 0.250 e. The van der Waals surface area contributed by atoms with Crippen molar-refractivity contribution >= 4 is 46.2 Å². The Hall–Kier alpha value is -3.92. The number of amides is 1. The number of nitrogens with one attached hydrogen (secondary N) is 2. The molecule has 2 aromatic carbocycles. The first kappa shape index (κ1) is 28.6. The van der Waals surface area contributed by atoms with Crippen LogP contribution in [0.3, 0.4) is 0 Å². The highest BCUT2D eigenvalue weighted by molar-refractivity contribution is 7.80. The van der Waals surface area contributed by atoms with E-state index < -0.39 is 0 Å². The van der Waals surface area contributed by atoms with Gasteiger partial charge in [-0.15, -0.1) is 0 Å². The lowest BCUT2D eigenvalue weighted by Gasteiger charge is -2.29. The zero-order valence-electron chi connectivity index (χ0n) is 23.6. The van der Waals surface area contributed by atoms with Crippen LogP contribution in [-0.4, -0.2) is 41.4 Å². The second-order valence-corrected chi connectivity index (χ2v) is 10.8. The minimum absolute atomic E-state index is 0.0117. The van der Waals surface area contributed by atoms with Crippen molar-refractivity contribution in [2.75, 3.05) is 31.0 Å². The van der Waals surface area contributed by atoms with E-state index in [1.54, 1.807) is 13.3 Å². The third kappa shape index (κ3) is 5.53. The number of nitrogens with zero attached hydrogens (tertiary/aromatic N) is 3. The van der Waals surface area contributed by atoms with Crippen molar-refractivity contribution in [3.63, 3.8) is 0 Å². The lowest BCUT2D eigenvalue weighted by Crippen LogP contribution is -2.29. The number of aromatic nitrogens is 2. The van der Waals surface area contributed by atoms with Crippen LogP contribution in [0.2, 0.25) is 5.02 Å². The summed E-state index contributed by atoms with van der Waals surface area (Å²) in [6.45, 7) is 6.11. The maximum atomic E-state index is 12.1. The van der Waals surface area contributed by atoms with E-state index in [1.165, 1.54) is 7.11 Å². The Kier molecular flexibility index (Phi) is 8.30. The van der Waals surface area contributed by atoms with Gasteiger partial charge < -0.3 is 29.6 Å². The van der Waals surface area contributed by atoms with E-state index >= 15 is 0 Å². The summed E-state index contributed by atoms with van der Waals surface area (Å²) in [5.41, 5.74) is 7.42. The highest BCUT2D eigenvalue weighted by Crippen LogP contribution is 2.45. The van der Waals surface area contributed by atoms with Gasteiger partial charge in [-0.3, -0.25) is 9.78 Å². The molecular formula is C31H32ClN5O3S. The first-order chi connectivity index (χ1) is 19.7. The minimum Gasteiger partial charge on any atom is -0.495 e. The molecule has 0 aliphatic carbocycles. The Morgan fingerprint density at radius 2 is 1.90 bits per heavy atom. The van der Waals surface area contributed by atoms with Gasteiger partial charge in [-0.2, -0.15) is 0 Å². The Labute approximate surface area is 250 Å². The van der Waals surface area contributed by atoms with Crippen LogP contribution < -0.4 is 20.3 Å². The number of benzene rings is 2. The molecule has 5 rings (SSSR count). The molecule has 0 spiro atoms. The largest absolute Gasteiger partial charge is 0.495 e. The maximum absolute atomic E-state index is 12.1. The van der Waals surface area contributed by atoms with E-state index in [9.17, 15) is 4.79 Å². The van der Waals surface area contributed by atoms with Gasteiger partial charge in [0.25, 0.3) is 0 Å². The second-order valence-electron chi connectivity index (χ2n) is 9.96. The van der Waals surface area contributed by atoms with Gasteiger partial charge in [0, 0.05) is 41.1 Å². The van der Waals surface area contributed by atoms with Crippen LogP contribution in [0.15, 0.2) is 66.9 Å². The lowest BCUT2D eigenvalue weighted by atomic mass is 9.96. The number of anilines is 2. The number of carbonyl (C=O) groups excluding carboxylic acids is 1. The maximum Gasteiger partial charge on any atom is 0.250 e. The number of hydrogen-bond acceptors (Lipinski definition) is 5. The zero-order valence-corrected chi connectivity index (χ0v) is 25.1. The molecule has 3 heterocycles. The van der Waals surface area contributed by atoms with Gasteiger partial charge >= 0.3 is 0 Å². The SMILES string of the molecule is COCC(=O)Nc1ccc(N2C(=S)NC(c3ccccn3)C2c2cc(C)n(-c3cc(Cl)ccc3OC)c2C)cc1C. The first-order valence-electron chi connectivity index (χ1n) is 13.2. The molecule has 4 aromatic rings. The summed E-state index contributed by atoms with van der Waals surface area (Å²) >= 11 is 12.4. The summed E-state index contributed by atoms with van der Waals surface area (Å²) in [6, 6.07) is 19.2. The number of aryl methyl sites for hydroxylation is 2. The number of rotatable bonds is 8. The molecule has 10 heteroatoms. The molecule has 2 atom stereocenters. The molecule has 1 aliphatic heterocycles. The fourth-order valence-corrected chi connectivity index (χ4v) is 6.01. The quantitative estimate of drug-likeness (QED) is 0.236. The molecule has 2 unspecified atom stereocenters. The van der Waals surface area contributed by atoms with Crippen LogP contribution in [0.25, 0.3) is 5.69 Å². The second kappa shape index (κ2) is 11.9. The van der Waals surface area contributed by atoms with E-state index in [-0.39, 0.29) is 24.6 Å². The van der Waals surface area contributed by atoms with Crippen molar-refractivity contribution in [1.29, 1.82) is 0 Å². The number of hydrogen-bond donors (Lipinski definition) is 2. The van der Waals surface area contributed by atoms with Gasteiger partial charge in [0.15, 0.2) is 5.11 Å². The Balaban J connectivity index is 1.63. The number of ether oxygens (including phenoxy) is 2. The highest BCUT2D eigenvalue weighted by Gasteiger charge is 2.42. The van der Waals surface area contributed by atoms with Gasteiger partial charge in [-0.1, -0.05) is 17.7 Å². The molecule has 1 fully saturated rings. The van der Waals surface area contributed by atoms with E-state index in [0.717, 1.165) is 51.0 Å². The third-order valence-corrected chi connectivity index (χ3v) is 7.86. The van der Waals surface area contributed by atoms with Gasteiger partial charge in [0.2, 0.25) is 5.91 Å². The van der Waals surface area contributed by atoms with Crippen LogP contribution in [0.5, 0.6) is 5.75 Å². The predicted octanol–water partition coefficient (Wildman–Crippen LogP) is 6.22. The summed E-state index contributed by atoms with van der Waals surface area (Å²) in [5, 5.41) is 7.65. The fourth-order valence-electron chi connectivity index (χ4n) is 5.50. The highest BCUT2D eigenvalue weighted by atomic mass is 35.5. The monoisotopic (exact) mass is 589 g/mol. The van der Waals surface area contributed by atoms with Crippen molar-refractivity contribution < 1.29 is 14.3 Å². The molecule has 41 heavy (non-hydrogen) atoms. The van der Waals surface area contributed by atoms with E-state index in [1.807, 2.05) is 61.5 Å². The topological polar surface area (TPSA) is 80.7 Å². The van der Waals surface area contributed by atoms with E-state index in [2.05, 4.69) is 45.0 Å². The van der Waals surface area contributed by atoms with Crippen molar-refractivity contribution in [3.8, 4) is 11.4 Å². The van der Waals surface area contributed by atoms with Gasteiger partial charge in [-0.05, 0) is 98.7 Å². The number of methoxy groups -OCH3 is 2. The van der Waals surface area contributed by atoms with Crippen LogP contribution in [0, 0.1) is 20.8 Å². The summed E-state index contributed by atoms with van der Waals surface area (Å²) in [4.78, 5) is 19.0. The Morgan fingerprint density at radius 3 is 2.59 bits per heavy atom. The molecular weight excluding hydrogens is 558 g/mol. The number of thiocarbonyl (C=S) groups is 1. The molecule has 212 valence electrons. The minimum atomic E-state index is -0.212. The number of halogens is 1. The van der Waals surface area contributed by atoms with Crippen molar-refractivity contribution in [2.24, 2.45) is 0 Å². The van der Waals surface area contributed by atoms with Gasteiger partial charge in [0.05, 0.1) is 30.6 Å². The van der Waals surface area contributed by atoms with Crippen molar-refractivity contribution in [3.05, 3.63) is 100 Å². The van der Waals surface area contributed by atoms with Crippen LogP contribution in [0.4, 0.5) is 11.4 Å². The standard InChI is InChI=1S/C31H32ClN5O3S/c1-18-14-22(10-11-24(18)34-28(38)17-39-4)37-30(29(35-31(37)41)25-8-6-7-13-33-25)23-15-19(2)36(20(23)3)26-16-21(32)9-12-27(26)40-5/h6-16,29-30H,17H2,1-5H3,(H,34,38)(H,35,41). The van der Waals surface area contributed by atoms with Crippen molar-refractivity contribution in [2.45, 2.75) is 32.9 Å². The van der Waals surface area contributed by atoms with Crippen LogP contribution >= 0.6 is 23.8 Å². The average molecular weight is 590 g/mol. The average Bonchev–Trinajstić information content (AvgIpc) is 3.45. The molecule has 2 aromatic heterocycles. The lowest BCUT2D eigenvalue weighted by molar-refractivity contribution is -0.119. The molecule has 1 amide bonds. The number of carbonyl (C=O) groups is 1. The number of pyridine rings is 1. The summed E-state index contributed by atoms with van der Waals surface area (Å²) < 4.78 is 12.8. The molecule has 0 saturated carbocycles. The Morgan fingerprint density at radius 1 is 1.10 bits per heavy atom. The molecule has 1 saturated heterocycles. The zero-order chi connectivity index (χ0) is 29.3. The van der Waals surface area contributed by atoms with E-state index in [0.29, 0.717) is 10.1 Å². The molecule has 0 bridgehead atoms. The van der Waals surface area contributed by atoms with Crippen molar-refractivity contribution in [1.82, 2.24) is 14.9 Å². The molecule has 1 aliphatic rings. The van der Waals surface area contributed by atoms with Gasteiger partial charge in [0.1, 0.15) is 12.4 Å². The summed E-state index contributed by atoms with van der Waals surface area (Å²) in [5.74, 6) is 0.515. The van der Waals surface area contributed by atoms with Crippen LogP contribution in [-0.2, 0) is 9.53 Å². The summed E-state index contributed by atoms with van der Waals surface area (Å²) in [6.07, 6.45) is 1.79. The van der Waals surface area contributed by atoms with Gasteiger partial charge in [-0.25, -0.2) is 0 Å². The summed E-state index contributed by atoms with van der Waals surface area (Å²) in [7, 11) is 3.15. The molecule has 8 nitrogen and oxygen atoms in total. The third-order valence-electron chi connectivity index (χ3n) is 7.31. The molecule has 2 N–H and O–H groups in total. The van der Waals surface area contributed by atoms with Crippen LogP contribution in [0.1, 0.15) is 40.3 Å². The molecule has 0 radical (unpaired) electrons. The van der Waals surface area contributed by atoms with E-state index in [4.69, 9.17) is 33.3 Å².